The minimum absolute atomic E-state index is 0.0441. The highest BCUT2D eigenvalue weighted by Crippen LogP contribution is 2.70. The van der Waals surface area contributed by atoms with Gasteiger partial charge in [0.25, 0.3) is 0 Å². The lowest BCUT2D eigenvalue weighted by Gasteiger charge is -2.61. The number of benzene rings is 8. The summed E-state index contributed by atoms with van der Waals surface area (Å²) in [6, 6.07) is 68.0. The number of para-hydroxylation sites is 1. The second kappa shape index (κ2) is 13.3. The molecule has 0 saturated heterocycles. The second-order valence-corrected chi connectivity index (χ2v) is 21.7. The summed E-state index contributed by atoms with van der Waals surface area (Å²) in [6.45, 7) is 9.54. The van der Waals surface area contributed by atoms with Gasteiger partial charge in [0.2, 0.25) is 0 Å². The first-order valence-electron chi connectivity index (χ1n) is 24.4. The van der Waals surface area contributed by atoms with Crippen molar-refractivity contribution in [2.24, 2.45) is 23.7 Å². The van der Waals surface area contributed by atoms with Gasteiger partial charge in [0.15, 0.2) is 0 Å². The molecule has 8 aromatic carbocycles. The molecule has 1 heteroatoms. The summed E-state index contributed by atoms with van der Waals surface area (Å²) in [4.78, 5) is 2.60. The third kappa shape index (κ3) is 5.05. The van der Waals surface area contributed by atoms with Crippen LogP contribution in [0.4, 0.5) is 17.1 Å². The first-order valence-corrected chi connectivity index (χ1v) is 24.4. The molecule has 0 N–H and O–H groups in total. The minimum Gasteiger partial charge on any atom is -0.310 e. The number of hydrogen-bond acceptors (Lipinski definition) is 1. The van der Waals surface area contributed by atoms with Gasteiger partial charge in [-0.3, -0.25) is 0 Å². The third-order valence-corrected chi connectivity index (χ3v) is 17.9. The van der Waals surface area contributed by atoms with Gasteiger partial charge < -0.3 is 4.90 Å². The lowest BCUT2D eigenvalue weighted by molar-refractivity contribution is -0.0399. The normalized spacial score (nSPS) is 23.7. The van der Waals surface area contributed by atoms with Gasteiger partial charge in [-0.2, -0.15) is 0 Å². The fraction of sp³-hybridized carbons (Fsp3) is 0.250. The van der Waals surface area contributed by atoms with Crippen LogP contribution >= 0.6 is 0 Å². The van der Waals surface area contributed by atoms with Crippen molar-refractivity contribution < 1.29 is 0 Å². The highest BCUT2D eigenvalue weighted by Gasteiger charge is 2.61. The van der Waals surface area contributed by atoms with Crippen LogP contribution in [0.1, 0.15) is 93.2 Å². The van der Waals surface area contributed by atoms with Crippen molar-refractivity contribution in [2.45, 2.75) is 76.0 Å². The Balaban J connectivity index is 0.956. The van der Waals surface area contributed by atoms with Gasteiger partial charge in [0, 0.05) is 33.2 Å². The standard InChI is InChI=1S/C64H55N/c1-62(2)55-20-10-7-17-53(55)61-52(18-13-22-57(61)62)51-16-8-12-23-60(51)65(45-27-24-41(25-28-45)42-26-30-49-47-14-5-9-19-54(47)63(3,4)58(49)37-42)46-29-31-50-48-15-6-11-21-56(48)64(59(50)38-46)43-33-39-32-40(35-43)36-44(64)34-39/h5-31,37-40,43-44H,32-36H2,1-4H3. The molecule has 4 saturated carbocycles. The molecule has 7 aliphatic rings. The van der Waals surface area contributed by atoms with E-state index >= 15 is 0 Å². The van der Waals surface area contributed by atoms with Gasteiger partial charge in [-0.25, -0.2) is 0 Å². The van der Waals surface area contributed by atoms with E-state index in [-0.39, 0.29) is 16.2 Å². The van der Waals surface area contributed by atoms with Gasteiger partial charge in [-0.15, -0.1) is 0 Å². The van der Waals surface area contributed by atoms with Gasteiger partial charge in [-0.1, -0.05) is 167 Å². The first-order chi connectivity index (χ1) is 31.7. The van der Waals surface area contributed by atoms with Crippen molar-refractivity contribution in [3.05, 3.63) is 209 Å². The Bertz CT molecular complexity index is 3260. The maximum atomic E-state index is 2.66. The number of nitrogens with zero attached hydrogens (tertiary/aromatic N) is 1. The molecule has 0 radical (unpaired) electrons. The fourth-order valence-corrected chi connectivity index (χ4v) is 15.3. The zero-order valence-electron chi connectivity index (χ0n) is 38.0. The van der Waals surface area contributed by atoms with Crippen molar-refractivity contribution in [2.75, 3.05) is 4.90 Å². The van der Waals surface area contributed by atoms with Crippen LogP contribution in [0.3, 0.4) is 0 Å². The summed E-state index contributed by atoms with van der Waals surface area (Å²) in [7, 11) is 0. The molecule has 0 heterocycles. The van der Waals surface area contributed by atoms with E-state index < -0.39 is 0 Å². The molecule has 0 amide bonds. The number of hydrogen-bond donors (Lipinski definition) is 0. The number of anilines is 3. The lowest BCUT2D eigenvalue weighted by atomic mass is 9.43. The van der Waals surface area contributed by atoms with Gasteiger partial charge in [-0.05, 0) is 176 Å². The molecular weight excluding hydrogens is 783 g/mol. The van der Waals surface area contributed by atoms with Crippen molar-refractivity contribution in [3.8, 4) is 55.6 Å². The molecule has 65 heavy (non-hydrogen) atoms. The molecule has 15 rings (SSSR count). The van der Waals surface area contributed by atoms with E-state index in [2.05, 4.69) is 209 Å². The first kappa shape index (κ1) is 37.9. The highest BCUT2D eigenvalue weighted by molar-refractivity contribution is 5.99. The molecule has 0 aromatic heterocycles. The van der Waals surface area contributed by atoms with Crippen molar-refractivity contribution >= 4 is 17.1 Å². The Morgan fingerprint density at radius 1 is 0.354 bits per heavy atom. The lowest BCUT2D eigenvalue weighted by Crippen LogP contribution is -2.55. The fourth-order valence-electron chi connectivity index (χ4n) is 15.3. The van der Waals surface area contributed by atoms with Crippen LogP contribution in [0.15, 0.2) is 176 Å². The van der Waals surface area contributed by atoms with Crippen LogP contribution in [0.2, 0.25) is 0 Å². The van der Waals surface area contributed by atoms with Crippen molar-refractivity contribution in [1.82, 2.24) is 0 Å². The Kier molecular flexibility index (Phi) is 7.77. The zero-order chi connectivity index (χ0) is 43.4. The Morgan fingerprint density at radius 3 is 1.57 bits per heavy atom. The van der Waals surface area contributed by atoms with E-state index in [1.54, 1.807) is 11.1 Å². The SMILES string of the molecule is CC1(C)c2ccccc2-c2ccc(-c3ccc(N(c4ccc5c(c4)C4(c6ccccc6-5)C5CC6CC(C5)CC4C6)c4ccccc4-c4cccc5c4-c4ccccc4C5(C)C)cc3)cc21. The van der Waals surface area contributed by atoms with Crippen LogP contribution in [-0.4, -0.2) is 0 Å². The molecule has 4 fully saturated rings. The molecule has 0 unspecified atom stereocenters. The van der Waals surface area contributed by atoms with Gasteiger partial charge in [0.1, 0.15) is 0 Å². The highest BCUT2D eigenvalue weighted by atomic mass is 15.1. The largest absolute Gasteiger partial charge is 0.310 e. The zero-order valence-corrected chi connectivity index (χ0v) is 38.0. The van der Waals surface area contributed by atoms with Crippen LogP contribution < -0.4 is 4.90 Å². The molecule has 1 spiro atoms. The van der Waals surface area contributed by atoms with E-state index in [1.165, 1.54) is 127 Å². The average molecular weight is 838 g/mol. The molecule has 0 aliphatic heterocycles. The third-order valence-electron chi connectivity index (χ3n) is 17.9. The minimum atomic E-state index is -0.0794. The number of rotatable bonds is 5. The van der Waals surface area contributed by atoms with Crippen LogP contribution in [0.5, 0.6) is 0 Å². The van der Waals surface area contributed by atoms with Crippen LogP contribution in [0.25, 0.3) is 55.6 Å². The molecule has 7 aliphatic carbocycles. The van der Waals surface area contributed by atoms with Gasteiger partial charge in [0.05, 0.1) is 5.69 Å². The summed E-state index contributed by atoms with van der Waals surface area (Å²) < 4.78 is 0. The molecule has 4 bridgehead atoms. The van der Waals surface area contributed by atoms with E-state index in [9.17, 15) is 0 Å². The van der Waals surface area contributed by atoms with Crippen molar-refractivity contribution in [1.29, 1.82) is 0 Å². The average Bonchev–Trinajstić information content (AvgIpc) is 3.85. The maximum Gasteiger partial charge on any atom is 0.0540 e. The van der Waals surface area contributed by atoms with Crippen LogP contribution in [0, 0.1) is 23.7 Å². The molecule has 1 nitrogen and oxygen atoms in total. The quantitative estimate of drug-likeness (QED) is 0.167. The Hall–Kier alpha value is -6.44. The van der Waals surface area contributed by atoms with Crippen LogP contribution in [-0.2, 0) is 16.2 Å². The van der Waals surface area contributed by atoms with E-state index in [0.29, 0.717) is 11.8 Å². The van der Waals surface area contributed by atoms with Crippen molar-refractivity contribution in [3.63, 3.8) is 0 Å². The summed E-state index contributed by atoms with van der Waals surface area (Å²) in [5, 5.41) is 0. The molecule has 8 aromatic rings. The smallest absolute Gasteiger partial charge is 0.0540 e. The second-order valence-electron chi connectivity index (χ2n) is 21.7. The Morgan fingerprint density at radius 2 is 0.846 bits per heavy atom. The summed E-state index contributed by atoms with van der Waals surface area (Å²) >= 11 is 0. The predicted octanol–water partition coefficient (Wildman–Crippen LogP) is 16.8. The summed E-state index contributed by atoms with van der Waals surface area (Å²) in [6.07, 6.45) is 6.97. The Labute approximate surface area is 384 Å². The molecular formula is C64H55N. The predicted molar refractivity (Wildman–Crippen MR) is 270 cm³/mol. The van der Waals surface area contributed by atoms with E-state index in [1.807, 2.05) is 0 Å². The van der Waals surface area contributed by atoms with E-state index in [0.717, 1.165) is 11.8 Å². The molecule has 316 valence electrons. The topological polar surface area (TPSA) is 3.24 Å². The number of fused-ring (bicyclic) bond motifs is 9. The van der Waals surface area contributed by atoms with Gasteiger partial charge >= 0.3 is 0 Å². The maximum absolute atomic E-state index is 2.66. The monoisotopic (exact) mass is 837 g/mol. The molecule has 0 atom stereocenters. The summed E-state index contributed by atoms with van der Waals surface area (Å²) in [5.74, 6) is 3.21. The van der Waals surface area contributed by atoms with E-state index in [4.69, 9.17) is 0 Å². The summed E-state index contributed by atoms with van der Waals surface area (Å²) in [5.41, 5.74) is 25.9.